The van der Waals surface area contributed by atoms with Crippen molar-refractivity contribution in [2.24, 2.45) is 4.99 Å². The molecule has 1 aliphatic rings. The van der Waals surface area contributed by atoms with E-state index in [0.29, 0.717) is 44.1 Å². The van der Waals surface area contributed by atoms with Gasteiger partial charge in [0.1, 0.15) is 5.82 Å². The smallest absolute Gasteiger partial charge is 0.254 e. The fourth-order valence-electron chi connectivity index (χ4n) is 3.72. The summed E-state index contributed by atoms with van der Waals surface area (Å²) in [4.78, 5) is 18.9. The summed E-state index contributed by atoms with van der Waals surface area (Å²) in [5.74, 6) is 0.490. The molecular formula is C24H32FIN4O2. The number of carbonyl (C=O) groups is 1. The Bertz CT molecular complexity index is 897. The van der Waals surface area contributed by atoms with Gasteiger partial charge in [-0.15, -0.1) is 24.0 Å². The summed E-state index contributed by atoms with van der Waals surface area (Å²) >= 11 is 0. The Labute approximate surface area is 206 Å². The molecule has 0 radical (unpaired) electrons. The highest BCUT2D eigenvalue weighted by Gasteiger charge is 2.26. The number of halogens is 2. The molecule has 1 heterocycles. The largest absolute Gasteiger partial charge is 0.372 e. The van der Waals surface area contributed by atoms with Crippen LogP contribution in [0.5, 0.6) is 0 Å². The number of guanidine groups is 1. The third-order valence-corrected chi connectivity index (χ3v) is 5.19. The summed E-state index contributed by atoms with van der Waals surface area (Å²) in [5.41, 5.74) is 2.67. The lowest BCUT2D eigenvalue weighted by molar-refractivity contribution is -0.0586. The molecule has 3 rings (SSSR count). The van der Waals surface area contributed by atoms with Crippen LogP contribution in [0.4, 0.5) is 4.39 Å². The number of rotatable bonds is 6. The molecule has 2 atom stereocenters. The van der Waals surface area contributed by atoms with Gasteiger partial charge < -0.3 is 20.3 Å². The number of aliphatic imine (C=N–C) groups is 1. The van der Waals surface area contributed by atoms with Gasteiger partial charge in [-0.1, -0.05) is 24.3 Å². The van der Waals surface area contributed by atoms with Gasteiger partial charge in [0.15, 0.2) is 5.96 Å². The monoisotopic (exact) mass is 554 g/mol. The normalized spacial score (nSPS) is 18.6. The number of nitrogens with one attached hydrogen (secondary N) is 2. The van der Waals surface area contributed by atoms with E-state index in [-0.39, 0.29) is 47.9 Å². The average molecular weight is 554 g/mol. The van der Waals surface area contributed by atoms with Crippen molar-refractivity contribution in [2.75, 3.05) is 26.7 Å². The number of hydrogen-bond donors (Lipinski definition) is 2. The predicted molar refractivity (Wildman–Crippen MR) is 136 cm³/mol. The van der Waals surface area contributed by atoms with Gasteiger partial charge in [0.2, 0.25) is 0 Å². The van der Waals surface area contributed by atoms with Crippen molar-refractivity contribution in [2.45, 2.75) is 39.0 Å². The average Bonchev–Trinajstić information content (AvgIpc) is 2.75. The SMILES string of the molecule is CN=C(NCCc1cccc(F)c1)NCc1ccc(C(=O)N2CC(C)OC(C)C2)cc1.I. The topological polar surface area (TPSA) is 66.0 Å². The van der Waals surface area contributed by atoms with Crippen LogP contribution in [-0.4, -0.2) is 55.7 Å². The minimum Gasteiger partial charge on any atom is -0.372 e. The van der Waals surface area contributed by atoms with Crippen molar-refractivity contribution in [3.05, 3.63) is 71.0 Å². The quantitative estimate of drug-likeness (QED) is 0.326. The highest BCUT2D eigenvalue weighted by Crippen LogP contribution is 2.15. The van der Waals surface area contributed by atoms with E-state index in [2.05, 4.69) is 15.6 Å². The second-order valence-corrected chi connectivity index (χ2v) is 7.90. The standard InChI is InChI=1S/C24H31FN4O2.HI/c1-17-15-29(16-18(2)31-17)23(30)21-9-7-20(8-10-21)14-28-24(26-3)27-12-11-19-5-4-6-22(25)13-19;/h4-10,13,17-18H,11-12,14-16H2,1-3H3,(H2,26,27,28);1H. The van der Waals surface area contributed by atoms with Gasteiger partial charge in [-0.05, 0) is 55.7 Å². The van der Waals surface area contributed by atoms with Crippen LogP contribution in [0.2, 0.25) is 0 Å². The maximum atomic E-state index is 13.3. The third-order valence-electron chi connectivity index (χ3n) is 5.19. The van der Waals surface area contributed by atoms with Crippen LogP contribution in [-0.2, 0) is 17.7 Å². The van der Waals surface area contributed by atoms with Crippen molar-refractivity contribution in [1.29, 1.82) is 0 Å². The Morgan fingerprint density at radius 1 is 1.09 bits per heavy atom. The molecule has 0 bridgehead atoms. The summed E-state index contributed by atoms with van der Waals surface area (Å²) in [6, 6.07) is 14.2. The van der Waals surface area contributed by atoms with E-state index >= 15 is 0 Å². The molecule has 174 valence electrons. The van der Waals surface area contributed by atoms with Gasteiger partial charge in [0, 0.05) is 38.8 Å². The molecule has 1 fully saturated rings. The molecule has 1 aliphatic heterocycles. The van der Waals surface area contributed by atoms with E-state index in [9.17, 15) is 9.18 Å². The summed E-state index contributed by atoms with van der Waals surface area (Å²) in [6.45, 7) is 6.44. The Kier molecular flexibility index (Phi) is 10.4. The molecule has 6 nitrogen and oxygen atoms in total. The van der Waals surface area contributed by atoms with Gasteiger partial charge in [0.05, 0.1) is 12.2 Å². The van der Waals surface area contributed by atoms with Gasteiger partial charge in [0.25, 0.3) is 5.91 Å². The molecule has 2 unspecified atom stereocenters. The van der Waals surface area contributed by atoms with Crippen molar-refractivity contribution < 1.29 is 13.9 Å². The highest BCUT2D eigenvalue weighted by molar-refractivity contribution is 14.0. The molecule has 2 N–H and O–H groups in total. The molecule has 8 heteroatoms. The molecule has 0 spiro atoms. The number of benzene rings is 2. The molecular weight excluding hydrogens is 522 g/mol. The lowest BCUT2D eigenvalue weighted by Gasteiger charge is -2.35. The zero-order valence-corrected chi connectivity index (χ0v) is 21.1. The molecule has 1 saturated heterocycles. The Balaban J connectivity index is 0.00000363. The fraction of sp³-hybridized carbons (Fsp3) is 0.417. The van der Waals surface area contributed by atoms with Crippen LogP contribution >= 0.6 is 24.0 Å². The summed E-state index contributed by atoms with van der Waals surface area (Å²) in [6.07, 6.45) is 0.807. The number of nitrogens with zero attached hydrogens (tertiary/aromatic N) is 2. The minimum absolute atomic E-state index is 0. The maximum Gasteiger partial charge on any atom is 0.254 e. The van der Waals surface area contributed by atoms with E-state index in [1.807, 2.05) is 49.1 Å². The van der Waals surface area contributed by atoms with Crippen LogP contribution < -0.4 is 10.6 Å². The minimum atomic E-state index is -0.223. The van der Waals surface area contributed by atoms with E-state index in [1.54, 1.807) is 19.2 Å². The number of ether oxygens (including phenoxy) is 1. The van der Waals surface area contributed by atoms with Crippen molar-refractivity contribution in [3.8, 4) is 0 Å². The highest BCUT2D eigenvalue weighted by atomic mass is 127. The molecule has 0 saturated carbocycles. The zero-order chi connectivity index (χ0) is 22.2. The first-order chi connectivity index (χ1) is 14.9. The van der Waals surface area contributed by atoms with Crippen LogP contribution in [0.15, 0.2) is 53.5 Å². The first-order valence-electron chi connectivity index (χ1n) is 10.7. The van der Waals surface area contributed by atoms with Crippen LogP contribution in [0, 0.1) is 5.82 Å². The van der Waals surface area contributed by atoms with Crippen molar-refractivity contribution >= 4 is 35.8 Å². The lowest BCUT2D eigenvalue weighted by atomic mass is 10.1. The van der Waals surface area contributed by atoms with Gasteiger partial charge >= 0.3 is 0 Å². The summed E-state index contributed by atoms with van der Waals surface area (Å²) in [5, 5.41) is 6.49. The number of morpholine rings is 1. The van der Waals surface area contributed by atoms with E-state index in [1.165, 1.54) is 6.07 Å². The Hall–Kier alpha value is -2.20. The van der Waals surface area contributed by atoms with Gasteiger partial charge in [-0.2, -0.15) is 0 Å². The molecule has 1 amide bonds. The predicted octanol–water partition coefficient (Wildman–Crippen LogP) is 3.60. The van der Waals surface area contributed by atoms with E-state index in [4.69, 9.17) is 4.74 Å². The van der Waals surface area contributed by atoms with Crippen molar-refractivity contribution in [1.82, 2.24) is 15.5 Å². The van der Waals surface area contributed by atoms with Gasteiger partial charge in [-0.3, -0.25) is 9.79 Å². The van der Waals surface area contributed by atoms with E-state index in [0.717, 1.165) is 11.1 Å². The number of amides is 1. The summed E-state index contributed by atoms with van der Waals surface area (Å²) < 4.78 is 19.0. The third kappa shape index (κ3) is 7.74. The lowest BCUT2D eigenvalue weighted by Crippen LogP contribution is -2.48. The molecule has 0 aromatic heterocycles. The van der Waals surface area contributed by atoms with Crippen LogP contribution in [0.25, 0.3) is 0 Å². The van der Waals surface area contributed by atoms with Crippen LogP contribution in [0.1, 0.15) is 35.3 Å². The number of hydrogen-bond acceptors (Lipinski definition) is 3. The second-order valence-electron chi connectivity index (χ2n) is 7.90. The zero-order valence-electron chi connectivity index (χ0n) is 18.8. The second kappa shape index (κ2) is 12.7. The van der Waals surface area contributed by atoms with Crippen molar-refractivity contribution in [3.63, 3.8) is 0 Å². The van der Waals surface area contributed by atoms with Gasteiger partial charge in [-0.25, -0.2) is 4.39 Å². The first-order valence-corrected chi connectivity index (χ1v) is 10.7. The van der Waals surface area contributed by atoms with E-state index < -0.39 is 0 Å². The number of carbonyl (C=O) groups excluding carboxylic acids is 1. The summed E-state index contributed by atoms with van der Waals surface area (Å²) in [7, 11) is 1.71. The molecule has 0 aliphatic carbocycles. The Morgan fingerprint density at radius 3 is 2.41 bits per heavy atom. The van der Waals surface area contributed by atoms with Crippen LogP contribution in [0.3, 0.4) is 0 Å². The maximum absolute atomic E-state index is 13.3. The first kappa shape index (κ1) is 26.1. The molecule has 32 heavy (non-hydrogen) atoms. The molecule has 2 aromatic rings. The Morgan fingerprint density at radius 2 is 1.78 bits per heavy atom. The fourth-order valence-corrected chi connectivity index (χ4v) is 3.72. The molecule has 2 aromatic carbocycles.